The third-order valence-corrected chi connectivity index (χ3v) is 5.96. The Morgan fingerprint density at radius 3 is 2.57 bits per heavy atom. The summed E-state index contributed by atoms with van der Waals surface area (Å²) < 4.78 is 14.9. The monoisotopic (exact) mass is 485 g/mol. The van der Waals surface area contributed by atoms with Crippen LogP contribution in [0.15, 0.2) is 90.3 Å². The molecule has 4 rings (SSSR count). The van der Waals surface area contributed by atoms with Crippen molar-refractivity contribution in [3.63, 3.8) is 0 Å². The Hall–Kier alpha value is -4.42. The summed E-state index contributed by atoms with van der Waals surface area (Å²) in [6.07, 6.45) is 3.39. The van der Waals surface area contributed by atoms with Crippen molar-refractivity contribution < 1.29 is 14.0 Å². The molecule has 0 bridgehead atoms. The summed E-state index contributed by atoms with van der Waals surface area (Å²) in [6.45, 7) is 0.282. The number of hydrogen-bond donors (Lipinski definition) is 2. The second kappa shape index (κ2) is 11.1. The summed E-state index contributed by atoms with van der Waals surface area (Å²) in [6, 6.07) is 21.7. The second-order valence-corrected chi connectivity index (χ2v) is 8.41. The topological polar surface area (TPSA) is 99.8 Å². The molecule has 3 aromatic carbocycles. The van der Waals surface area contributed by atoms with E-state index in [4.69, 9.17) is 5.26 Å². The first-order chi connectivity index (χ1) is 17.0. The van der Waals surface area contributed by atoms with Crippen LogP contribution in [0.5, 0.6) is 0 Å². The van der Waals surface area contributed by atoms with Crippen LogP contribution in [0.25, 0.3) is 5.69 Å². The van der Waals surface area contributed by atoms with Crippen LogP contribution < -0.4 is 10.6 Å². The van der Waals surface area contributed by atoms with Gasteiger partial charge in [0.1, 0.15) is 5.82 Å². The Morgan fingerprint density at radius 2 is 1.83 bits per heavy atom. The van der Waals surface area contributed by atoms with Crippen LogP contribution in [0.3, 0.4) is 0 Å². The van der Waals surface area contributed by atoms with Crippen LogP contribution in [-0.4, -0.2) is 27.1 Å². The standard InChI is InChI=1S/C26H20FN5O2S/c27-21-8-4-19(5-9-21)16-30-25(34)20-2-1-3-23(14-20)32-13-12-29-26(32)35-17-24(33)31-22-10-6-18(15-28)7-11-22/h1-14H,16-17H2,(H,30,34)(H,31,33). The van der Waals surface area contributed by atoms with Gasteiger partial charge < -0.3 is 10.6 Å². The molecule has 1 aromatic heterocycles. The van der Waals surface area contributed by atoms with Gasteiger partial charge in [-0.2, -0.15) is 5.26 Å². The zero-order valence-corrected chi connectivity index (χ0v) is 19.3. The van der Waals surface area contributed by atoms with Gasteiger partial charge in [0.15, 0.2) is 5.16 Å². The number of anilines is 1. The molecule has 0 aliphatic heterocycles. The van der Waals surface area contributed by atoms with Gasteiger partial charge in [-0.15, -0.1) is 0 Å². The largest absolute Gasteiger partial charge is 0.348 e. The number of aromatic nitrogens is 2. The molecule has 9 heteroatoms. The Kier molecular flexibility index (Phi) is 7.55. The van der Waals surface area contributed by atoms with E-state index in [1.807, 2.05) is 12.1 Å². The highest BCUT2D eigenvalue weighted by atomic mass is 32.2. The first kappa shape index (κ1) is 23.7. The van der Waals surface area contributed by atoms with Crippen LogP contribution in [-0.2, 0) is 11.3 Å². The highest BCUT2D eigenvalue weighted by Crippen LogP contribution is 2.22. The molecule has 0 spiro atoms. The number of nitriles is 1. The van der Waals surface area contributed by atoms with E-state index in [-0.39, 0.29) is 29.9 Å². The van der Waals surface area contributed by atoms with Gasteiger partial charge in [-0.1, -0.05) is 30.0 Å². The van der Waals surface area contributed by atoms with Crippen molar-refractivity contribution in [2.45, 2.75) is 11.7 Å². The second-order valence-electron chi connectivity index (χ2n) is 7.47. The van der Waals surface area contributed by atoms with Crippen molar-refractivity contribution in [1.82, 2.24) is 14.9 Å². The highest BCUT2D eigenvalue weighted by molar-refractivity contribution is 7.99. The van der Waals surface area contributed by atoms with Gasteiger partial charge in [0.2, 0.25) is 5.91 Å². The zero-order chi connectivity index (χ0) is 24.6. The minimum Gasteiger partial charge on any atom is -0.348 e. The Labute approximate surface area is 205 Å². The molecule has 2 amide bonds. The van der Waals surface area contributed by atoms with E-state index >= 15 is 0 Å². The Bertz CT molecular complexity index is 1380. The van der Waals surface area contributed by atoms with Crippen molar-refractivity contribution in [3.8, 4) is 11.8 Å². The maximum absolute atomic E-state index is 13.1. The molecule has 0 saturated carbocycles. The molecule has 7 nitrogen and oxygen atoms in total. The minimum atomic E-state index is -0.325. The van der Waals surface area contributed by atoms with Crippen molar-refractivity contribution in [2.24, 2.45) is 0 Å². The van der Waals surface area contributed by atoms with E-state index < -0.39 is 0 Å². The Morgan fingerprint density at radius 1 is 1.06 bits per heavy atom. The lowest BCUT2D eigenvalue weighted by atomic mass is 10.1. The molecule has 4 aromatic rings. The number of hydrogen-bond acceptors (Lipinski definition) is 5. The van der Waals surface area contributed by atoms with Crippen LogP contribution in [0.4, 0.5) is 10.1 Å². The average Bonchev–Trinajstić information content (AvgIpc) is 3.36. The quantitative estimate of drug-likeness (QED) is 0.357. The van der Waals surface area contributed by atoms with Gasteiger partial charge in [0.25, 0.3) is 5.91 Å². The van der Waals surface area contributed by atoms with Crippen LogP contribution in [0.1, 0.15) is 21.5 Å². The van der Waals surface area contributed by atoms with E-state index in [1.165, 1.54) is 23.9 Å². The Balaban J connectivity index is 1.37. The summed E-state index contributed by atoms with van der Waals surface area (Å²) in [5.41, 5.74) is 3.12. The third-order valence-electron chi connectivity index (χ3n) is 4.99. The fourth-order valence-electron chi connectivity index (χ4n) is 3.23. The molecule has 0 aliphatic carbocycles. The lowest BCUT2D eigenvalue weighted by Crippen LogP contribution is -2.22. The van der Waals surface area contributed by atoms with E-state index in [9.17, 15) is 14.0 Å². The number of benzene rings is 3. The summed E-state index contributed by atoms with van der Waals surface area (Å²) in [4.78, 5) is 29.3. The van der Waals surface area contributed by atoms with Crippen molar-refractivity contribution in [2.75, 3.05) is 11.1 Å². The fourth-order valence-corrected chi connectivity index (χ4v) is 4.01. The zero-order valence-electron chi connectivity index (χ0n) is 18.4. The molecule has 35 heavy (non-hydrogen) atoms. The van der Waals surface area contributed by atoms with Crippen molar-refractivity contribution in [1.29, 1.82) is 5.26 Å². The maximum Gasteiger partial charge on any atom is 0.251 e. The number of rotatable bonds is 8. The van der Waals surface area contributed by atoms with E-state index in [0.29, 0.717) is 22.0 Å². The third kappa shape index (κ3) is 6.34. The summed E-state index contributed by atoms with van der Waals surface area (Å²) in [5.74, 6) is -0.654. The van der Waals surface area contributed by atoms with Crippen LogP contribution in [0.2, 0.25) is 0 Å². The normalized spacial score (nSPS) is 10.4. The SMILES string of the molecule is N#Cc1ccc(NC(=O)CSc2nccn2-c2cccc(C(=O)NCc3ccc(F)cc3)c2)cc1. The van der Waals surface area contributed by atoms with Crippen molar-refractivity contribution >= 4 is 29.3 Å². The van der Waals surface area contributed by atoms with Gasteiger partial charge in [-0.3, -0.25) is 14.2 Å². The van der Waals surface area contributed by atoms with Gasteiger partial charge in [-0.05, 0) is 60.2 Å². The predicted molar refractivity (Wildman–Crippen MR) is 132 cm³/mol. The molecule has 1 heterocycles. The smallest absolute Gasteiger partial charge is 0.251 e. The maximum atomic E-state index is 13.1. The molecule has 0 radical (unpaired) electrons. The summed E-state index contributed by atoms with van der Waals surface area (Å²) in [7, 11) is 0. The van der Waals surface area contributed by atoms with E-state index in [2.05, 4.69) is 15.6 Å². The van der Waals surface area contributed by atoms with Gasteiger partial charge in [0, 0.05) is 35.9 Å². The van der Waals surface area contributed by atoms with Gasteiger partial charge in [0.05, 0.1) is 17.4 Å². The van der Waals surface area contributed by atoms with Gasteiger partial charge >= 0.3 is 0 Å². The number of amides is 2. The fraction of sp³-hybridized carbons (Fsp3) is 0.0769. The molecular formula is C26H20FN5O2S. The summed E-state index contributed by atoms with van der Waals surface area (Å²) >= 11 is 1.26. The molecule has 174 valence electrons. The molecule has 0 unspecified atom stereocenters. The number of thioether (sulfide) groups is 1. The average molecular weight is 486 g/mol. The number of carbonyl (C=O) groups excluding carboxylic acids is 2. The lowest BCUT2D eigenvalue weighted by molar-refractivity contribution is -0.113. The molecule has 0 saturated heterocycles. The van der Waals surface area contributed by atoms with Crippen LogP contribution in [0, 0.1) is 17.1 Å². The number of halogens is 1. The van der Waals surface area contributed by atoms with E-state index in [0.717, 1.165) is 11.3 Å². The van der Waals surface area contributed by atoms with Crippen LogP contribution >= 0.6 is 11.8 Å². The lowest BCUT2D eigenvalue weighted by Gasteiger charge is -2.10. The number of nitrogens with one attached hydrogen (secondary N) is 2. The highest BCUT2D eigenvalue weighted by Gasteiger charge is 2.12. The molecule has 2 N–H and O–H groups in total. The van der Waals surface area contributed by atoms with Gasteiger partial charge in [-0.25, -0.2) is 9.37 Å². The molecule has 0 aliphatic rings. The molecule has 0 atom stereocenters. The van der Waals surface area contributed by atoms with Crippen molar-refractivity contribution in [3.05, 3.63) is 108 Å². The number of nitrogens with zero attached hydrogens (tertiary/aromatic N) is 3. The summed E-state index contributed by atoms with van der Waals surface area (Å²) in [5, 5.41) is 15.1. The first-order valence-corrected chi connectivity index (χ1v) is 11.6. The predicted octanol–water partition coefficient (Wildman–Crippen LogP) is 4.54. The molecule has 0 fully saturated rings. The first-order valence-electron chi connectivity index (χ1n) is 10.6. The number of carbonyl (C=O) groups is 2. The minimum absolute atomic E-state index is 0.134. The number of imidazole rings is 1. The molecular weight excluding hydrogens is 465 g/mol. The van der Waals surface area contributed by atoms with E-state index in [1.54, 1.807) is 71.6 Å².